The minimum atomic E-state index is -4.39. The number of aryl methyl sites for hydroxylation is 1. The molecule has 3 rings (SSSR count). The predicted octanol–water partition coefficient (Wildman–Crippen LogP) is 2.13. The van der Waals surface area contributed by atoms with Gasteiger partial charge in [0.25, 0.3) is 5.89 Å². The van der Waals surface area contributed by atoms with E-state index in [0.717, 1.165) is 19.2 Å². The molecule has 0 unspecified atom stereocenters. The topological polar surface area (TPSA) is 69.2 Å². The maximum atomic E-state index is 12.8. The summed E-state index contributed by atoms with van der Waals surface area (Å²) in [5.41, 5.74) is -0.811. The van der Waals surface area contributed by atoms with Gasteiger partial charge in [-0.25, -0.2) is 4.98 Å². The molecule has 25 heavy (non-hydrogen) atoms. The molecule has 3 heterocycles. The summed E-state index contributed by atoms with van der Waals surface area (Å²) in [6.07, 6.45) is -1.93. The van der Waals surface area contributed by atoms with E-state index in [2.05, 4.69) is 15.1 Å². The third kappa shape index (κ3) is 4.37. The Morgan fingerprint density at radius 2 is 2.20 bits per heavy atom. The minimum Gasteiger partial charge on any atom is -0.375 e. The lowest BCUT2D eigenvalue weighted by molar-refractivity contribution is -0.141. The Balaban J connectivity index is 1.56. The van der Waals surface area contributed by atoms with Crippen LogP contribution < -0.4 is 0 Å². The lowest BCUT2D eigenvalue weighted by Gasteiger charge is -2.27. The number of halogens is 3. The average Bonchev–Trinajstić information content (AvgIpc) is 3.13. The van der Waals surface area contributed by atoms with E-state index in [1.165, 1.54) is 0 Å². The summed E-state index contributed by atoms with van der Waals surface area (Å²) < 4.78 is 49.9. The number of alkyl halides is 3. The zero-order valence-corrected chi connectivity index (χ0v) is 14.1. The van der Waals surface area contributed by atoms with Gasteiger partial charge in [0.15, 0.2) is 11.5 Å². The Labute approximate surface area is 142 Å². The van der Waals surface area contributed by atoms with Gasteiger partial charge in [-0.3, -0.25) is 4.90 Å². The molecule has 0 saturated heterocycles. The lowest BCUT2D eigenvalue weighted by atomic mass is 9.99. The van der Waals surface area contributed by atoms with Crippen LogP contribution in [0.4, 0.5) is 13.2 Å². The van der Waals surface area contributed by atoms with Crippen LogP contribution in [0, 0.1) is 5.92 Å². The van der Waals surface area contributed by atoms with Crippen molar-refractivity contribution in [3.05, 3.63) is 29.4 Å². The van der Waals surface area contributed by atoms with E-state index >= 15 is 0 Å². The fourth-order valence-corrected chi connectivity index (χ4v) is 3.08. The monoisotopic (exact) mass is 359 g/mol. The van der Waals surface area contributed by atoms with Gasteiger partial charge < -0.3 is 13.8 Å². The summed E-state index contributed by atoms with van der Waals surface area (Å²) >= 11 is 0. The molecule has 0 N–H and O–H groups in total. The van der Waals surface area contributed by atoms with Crippen LogP contribution in [-0.4, -0.2) is 45.3 Å². The Morgan fingerprint density at radius 1 is 1.40 bits per heavy atom. The molecule has 1 atom stereocenters. The van der Waals surface area contributed by atoms with E-state index in [0.29, 0.717) is 37.0 Å². The maximum absolute atomic E-state index is 12.8. The molecule has 138 valence electrons. The predicted molar refractivity (Wildman–Crippen MR) is 80.4 cm³/mol. The van der Waals surface area contributed by atoms with Gasteiger partial charge in [0.05, 0.1) is 6.54 Å². The van der Waals surface area contributed by atoms with Crippen molar-refractivity contribution in [1.29, 1.82) is 0 Å². The summed E-state index contributed by atoms with van der Waals surface area (Å²) in [6.45, 7) is 2.04. The number of methoxy groups -OCH3 is 1. The number of rotatable bonds is 6. The number of hydrogen-bond donors (Lipinski definition) is 0. The van der Waals surface area contributed by atoms with Crippen molar-refractivity contribution in [2.75, 3.05) is 20.7 Å². The fourth-order valence-electron chi connectivity index (χ4n) is 3.08. The van der Waals surface area contributed by atoms with Crippen molar-refractivity contribution in [3.63, 3.8) is 0 Å². The van der Waals surface area contributed by atoms with Crippen molar-refractivity contribution in [2.24, 2.45) is 5.92 Å². The summed E-state index contributed by atoms with van der Waals surface area (Å²) in [4.78, 5) is 9.96. The van der Waals surface area contributed by atoms with Crippen LogP contribution in [0.5, 0.6) is 0 Å². The number of ether oxygens (including phenoxy) is 1. The highest BCUT2D eigenvalue weighted by Crippen LogP contribution is 2.30. The van der Waals surface area contributed by atoms with Gasteiger partial charge in [0.1, 0.15) is 12.4 Å². The third-order valence-corrected chi connectivity index (χ3v) is 4.14. The largest absolute Gasteiger partial charge is 0.434 e. The molecule has 0 fully saturated rings. The Bertz CT molecular complexity index is 712. The van der Waals surface area contributed by atoms with Crippen LogP contribution in [0.1, 0.15) is 29.7 Å². The van der Waals surface area contributed by atoms with Crippen molar-refractivity contribution < 1.29 is 22.4 Å². The maximum Gasteiger partial charge on any atom is 0.434 e. The Morgan fingerprint density at radius 3 is 2.92 bits per heavy atom. The molecule has 10 heteroatoms. The van der Waals surface area contributed by atoms with E-state index in [1.54, 1.807) is 11.7 Å². The molecular weight excluding hydrogens is 339 g/mol. The SMILES string of the molecule is COCc1nc(CN(C)C[C@H]2CCc3nc(C(F)(F)F)cn3C2)no1. The second kappa shape index (κ2) is 7.12. The number of nitrogens with zero attached hydrogens (tertiary/aromatic N) is 5. The first-order chi connectivity index (χ1) is 11.8. The molecule has 0 aromatic carbocycles. The van der Waals surface area contributed by atoms with Crippen LogP contribution in [0.2, 0.25) is 0 Å². The molecular formula is C15H20F3N5O2. The number of hydrogen-bond acceptors (Lipinski definition) is 6. The van der Waals surface area contributed by atoms with Crippen LogP contribution in [-0.2, 0) is 37.0 Å². The molecule has 0 spiro atoms. The number of fused-ring (bicyclic) bond motifs is 1. The Hall–Kier alpha value is -1.94. The van der Waals surface area contributed by atoms with E-state index < -0.39 is 11.9 Å². The third-order valence-electron chi connectivity index (χ3n) is 4.14. The summed E-state index contributed by atoms with van der Waals surface area (Å²) in [5.74, 6) is 1.74. The molecule has 0 radical (unpaired) electrons. The van der Waals surface area contributed by atoms with Gasteiger partial charge in [-0.05, 0) is 19.4 Å². The molecule has 0 amide bonds. The number of imidazole rings is 1. The molecule has 0 saturated carbocycles. The van der Waals surface area contributed by atoms with Crippen LogP contribution in [0.15, 0.2) is 10.7 Å². The fraction of sp³-hybridized carbons (Fsp3) is 0.667. The highest BCUT2D eigenvalue weighted by molar-refractivity contribution is 5.10. The second-order valence-electron chi connectivity index (χ2n) is 6.33. The van der Waals surface area contributed by atoms with Gasteiger partial charge in [0.2, 0.25) is 0 Å². The second-order valence-corrected chi connectivity index (χ2v) is 6.33. The zero-order valence-electron chi connectivity index (χ0n) is 14.1. The summed E-state index contributed by atoms with van der Waals surface area (Å²) in [5, 5.41) is 3.89. The molecule has 1 aliphatic heterocycles. The zero-order chi connectivity index (χ0) is 18.0. The van der Waals surface area contributed by atoms with Gasteiger partial charge in [0, 0.05) is 32.8 Å². The molecule has 2 aromatic heterocycles. The van der Waals surface area contributed by atoms with Crippen molar-refractivity contribution >= 4 is 0 Å². The first kappa shape index (κ1) is 17.9. The minimum absolute atomic E-state index is 0.248. The smallest absolute Gasteiger partial charge is 0.375 e. The Kier molecular flexibility index (Phi) is 5.09. The van der Waals surface area contributed by atoms with Gasteiger partial charge >= 0.3 is 6.18 Å². The first-order valence-electron chi connectivity index (χ1n) is 7.97. The highest BCUT2D eigenvalue weighted by atomic mass is 19.4. The molecule has 7 nitrogen and oxygen atoms in total. The lowest BCUT2D eigenvalue weighted by Crippen LogP contribution is -2.31. The van der Waals surface area contributed by atoms with Crippen molar-refractivity contribution in [1.82, 2.24) is 24.6 Å². The van der Waals surface area contributed by atoms with E-state index in [4.69, 9.17) is 9.26 Å². The van der Waals surface area contributed by atoms with Gasteiger partial charge in [-0.1, -0.05) is 5.16 Å². The van der Waals surface area contributed by atoms with Crippen LogP contribution in [0.25, 0.3) is 0 Å². The summed E-state index contributed by atoms with van der Waals surface area (Å²) in [7, 11) is 3.48. The van der Waals surface area contributed by atoms with Crippen LogP contribution >= 0.6 is 0 Å². The molecule has 0 bridgehead atoms. The van der Waals surface area contributed by atoms with Crippen molar-refractivity contribution in [2.45, 2.75) is 38.7 Å². The quantitative estimate of drug-likeness (QED) is 0.787. The molecule has 0 aliphatic carbocycles. The standard InChI is InChI=1S/C15H20F3N5O2/c1-22(8-12-20-14(9-24-2)25-21-12)5-10-3-4-13-19-11(15(16,17)18)7-23(13)6-10/h7,10H,3-6,8-9H2,1-2H3/t10-/m1/s1. The summed E-state index contributed by atoms with van der Waals surface area (Å²) in [6, 6.07) is 0. The highest BCUT2D eigenvalue weighted by Gasteiger charge is 2.35. The molecule has 2 aromatic rings. The van der Waals surface area contributed by atoms with Gasteiger partial charge in [-0.15, -0.1) is 0 Å². The normalized spacial score (nSPS) is 17.9. The first-order valence-corrected chi connectivity index (χ1v) is 7.97. The number of aromatic nitrogens is 4. The average molecular weight is 359 g/mol. The van der Waals surface area contributed by atoms with E-state index in [9.17, 15) is 13.2 Å². The van der Waals surface area contributed by atoms with E-state index in [-0.39, 0.29) is 12.5 Å². The van der Waals surface area contributed by atoms with Crippen molar-refractivity contribution in [3.8, 4) is 0 Å². The van der Waals surface area contributed by atoms with Crippen LogP contribution in [0.3, 0.4) is 0 Å². The van der Waals surface area contributed by atoms with E-state index in [1.807, 2.05) is 11.9 Å². The van der Waals surface area contributed by atoms with Gasteiger partial charge in [-0.2, -0.15) is 18.2 Å². The molecule has 1 aliphatic rings.